The third-order valence-corrected chi connectivity index (χ3v) is 4.07. The summed E-state index contributed by atoms with van der Waals surface area (Å²) in [5.41, 5.74) is 0. The van der Waals surface area contributed by atoms with Gasteiger partial charge in [-0.2, -0.15) is 42.5 Å². The molecule has 0 nitrogen and oxygen atoms in total. The molecular formula is C14H18SiV. The molecule has 0 bridgehead atoms. The van der Waals surface area contributed by atoms with Crippen LogP contribution in [0.4, 0.5) is 0 Å². The van der Waals surface area contributed by atoms with Gasteiger partial charge in [0.05, 0.1) is 0 Å². The summed E-state index contributed by atoms with van der Waals surface area (Å²) in [5.74, 6) is 0. The van der Waals surface area contributed by atoms with E-state index in [1.807, 2.05) is 30.3 Å². The van der Waals surface area contributed by atoms with Crippen molar-refractivity contribution in [3.63, 3.8) is 0 Å². The number of allylic oxidation sites excluding steroid dienone is 4. The van der Waals surface area contributed by atoms with Crippen molar-refractivity contribution in [1.29, 1.82) is 0 Å². The van der Waals surface area contributed by atoms with Crippen molar-refractivity contribution < 1.29 is 18.6 Å². The van der Waals surface area contributed by atoms with Crippen LogP contribution in [0, 0.1) is 12.1 Å². The average molecular weight is 265 g/mol. The largest absolute Gasteiger partial charge is 2.00 e. The maximum atomic E-state index is 3.36. The van der Waals surface area contributed by atoms with Gasteiger partial charge in [0, 0.05) is 8.07 Å². The van der Waals surface area contributed by atoms with Crippen molar-refractivity contribution in [2.75, 3.05) is 0 Å². The van der Waals surface area contributed by atoms with Crippen molar-refractivity contribution in [3.05, 3.63) is 59.8 Å². The Hall–Kier alpha value is -0.499. The number of hydrogen-bond acceptors (Lipinski definition) is 0. The first kappa shape index (κ1) is 15.5. The molecule has 0 fully saturated rings. The first-order valence-electron chi connectivity index (χ1n) is 5.29. The van der Waals surface area contributed by atoms with Crippen molar-refractivity contribution >= 4 is 8.07 Å². The van der Waals surface area contributed by atoms with Crippen LogP contribution in [0.2, 0.25) is 19.6 Å². The quantitative estimate of drug-likeness (QED) is 0.531. The van der Waals surface area contributed by atoms with Crippen LogP contribution in [0.3, 0.4) is 0 Å². The van der Waals surface area contributed by atoms with E-state index in [2.05, 4.69) is 43.9 Å². The molecule has 0 N–H and O–H groups in total. The Kier molecular flexibility index (Phi) is 7.48. The minimum Gasteiger partial charge on any atom is -0.274 e. The first-order valence-corrected chi connectivity index (χ1v) is 8.79. The standard InChI is InChI=1S/C8H13Si.C6H5.V/c1-9(2,3)8-6-4-5-7-8;1-2-4-6-5-3-1;/h4,6H,5H2,1-3H3;1-5H;/q2*-1;+2. The topological polar surface area (TPSA) is 0 Å². The van der Waals surface area contributed by atoms with E-state index in [9.17, 15) is 0 Å². The maximum Gasteiger partial charge on any atom is 2.00 e. The molecule has 0 saturated heterocycles. The minimum atomic E-state index is -1.01. The molecule has 2 heteroatoms. The summed E-state index contributed by atoms with van der Waals surface area (Å²) in [6, 6.07) is 12.5. The third-order valence-electron chi connectivity index (χ3n) is 2.11. The fourth-order valence-electron chi connectivity index (χ4n) is 1.26. The van der Waals surface area contributed by atoms with E-state index in [1.54, 1.807) is 0 Å². The Labute approximate surface area is 112 Å². The van der Waals surface area contributed by atoms with E-state index < -0.39 is 8.07 Å². The molecule has 1 aromatic rings. The monoisotopic (exact) mass is 265 g/mol. The zero-order chi connectivity index (χ0) is 11.1. The molecule has 0 heterocycles. The van der Waals surface area contributed by atoms with Gasteiger partial charge in [-0.15, -0.1) is 6.42 Å². The Balaban J connectivity index is 0.000000283. The van der Waals surface area contributed by atoms with Gasteiger partial charge in [0.15, 0.2) is 0 Å². The van der Waals surface area contributed by atoms with E-state index in [-0.39, 0.29) is 18.6 Å². The molecule has 0 amide bonds. The summed E-state index contributed by atoms with van der Waals surface area (Å²) < 4.78 is 0. The van der Waals surface area contributed by atoms with Crippen LogP contribution in [0.25, 0.3) is 0 Å². The molecule has 0 spiro atoms. The van der Waals surface area contributed by atoms with Crippen LogP contribution in [0.5, 0.6) is 0 Å². The first-order chi connectivity index (χ1) is 7.11. The molecule has 0 aromatic heterocycles. The molecule has 1 aliphatic rings. The second kappa shape index (κ2) is 7.72. The van der Waals surface area contributed by atoms with Gasteiger partial charge in [-0.1, -0.05) is 19.6 Å². The second-order valence-electron chi connectivity index (χ2n) is 4.52. The molecule has 0 atom stereocenters. The fourth-order valence-corrected chi connectivity index (χ4v) is 2.51. The van der Waals surface area contributed by atoms with Crippen LogP contribution in [0.1, 0.15) is 6.42 Å². The number of hydrogen-bond donors (Lipinski definition) is 0. The second-order valence-corrected chi connectivity index (χ2v) is 9.56. The van der Waals surface area contributed by atoms with Crippen molar-refractivity contribution in [1.82, 2.24) is 0 Å². The predicted molar refractivity (Wildman–Crippen MR) is 69.1 cm³/mol. The predicted octanol–water partition coefficient (Wildman–Crippen LogP) is 4.04. The maximum absolute atomic E-state index is 3.36. The van der Waals surface area contributed by atoms with Crippen LogP contribution >= 0.6 is 0 Å². The molecule has 0 saturated carbocycles. The van der Waals surface area contributed by atoms with E-state index in [0.29, 0.717) is 0 Å². The van der Waals surface area contributed by atoms with E-state index in [1.165, 1.54) is 5.20 Å². The molecule has 0 aliphatic heterocycles. The molecule has 1 radical (unpaired) electrons. The van der Waals surface area contributed by atoms with Gasteiger partial charge >= 0.3 is 18.6 Å². The SMILES string of the molecule is C[Si](C)(C)C1=[C-]CC=C1.[V+2].[c-]1ccccc1. The van der Waals surface area contributed by atoms with Gasteiger partial charge in [0.1, 0.15) is 0 Å². The van der Waals surface area contributed by atoms with Crippen molar-refractivity contribution in [2.24, 2.45) is 0 Å². The van der Waals surface area contributed by atoms with E-state index in [0.717, 1.165) is 6.42 Å². The van der Waals surface area contributed by atoms with Crippen molar-refractivity contribution in [3.8, 4) is 0 Å². The van der Waals surface area contributed by atoms with Gasteiger partial charge in [-0.3, -0.25) is 6.08 Å². The Morgan fingerprint density at radius 2 is 1.69 bits per heavy atom. The zero-order valence-corrected chi connectivity index (χ0v) is 12.6. The van der Waals surface area contributed by atoms with Gasteiger partial charge in [0.25, 0.3) is 0 Å². The minimum absolute atomic E-state index is 0. The summed E-state index contributed by atoms with van der Waals surface area (Å²) in [4.78, 5) is 0. The van der Waals surface area contributed by atoms with Gasteiger partial charge < -0.3 is 0 Å². The normalized spacial score (nSPS) is 13.3. The Morgan fingerprint density at radius 3 is 1.88 bits per heavy atom. The van der Waals surface area contributed by atoms with Crippen molar-refractivity contribution in [2.45, 2.75) is 26.1 Å². The summed E-state index contributed by atoms with van der Waals surface area (Å²) in [6.45, 7) is 7.06. The summed E-state index contributed by atoms with van der Waals surface area (Å²) in [7, 11) is -1.01. The fraction of sp³-hybridized carbons (Fsp3) is 0.286. The Bertz CT molecular complexity index is 307. The molecule has 2 rings (SSSR count). The van der Waals surface area contributed by atoms with E-state index >= 15 is 0 Å². The molecular weight excluding hydrogens is 247 g/mol. The van der Waals surface area contributed by atoms with Crippen LogP contribution in [0.15, 0.2) is 47.7 Å². The van der Waals surface area contributed by atoms with Crippen LogP contribution in [-0.4, -0.2) is 8.07 Å². The van der Waals surface area contributed by atoms with Gasteiger partial charge in [-0.25, -0.2) is 11.3 Å². The average Bonchev–Trinajstić information content (AvgIpc) is 2.73. The van der Waals surface area contributed by atoms with Crippen LogP contribution in [-0.2, 0) is 18.6 Å². The number of rotatable bonds is 1. The van der Waals surface area contributed by atoms with Crippen LogP contribution < -0.4 is 0 Å². The molecule has 83 valence electrons. The van der Waals surface area contributed by atoms with Gasteiger partial charge in [-0.05, 0) is 0 Å². The van der Waals surface area contributed by atoms with E-state index in [4.69, 9.17) is 0 Å². The third kappa shape index (κ3) is 6.16. The summed E-state index contributed by atoms with van der Waals surface area (Å²) in [6.07, 6.45) is 8.82. The summed E-state index contributed by atoms with van der Waals surface area (Å²) in [5, 5.41) is 1.49. The Morgan fingerprint density at radius 1 is 1.06 bits per heavy atom. The molecule has 1 aromatic carbocycles. The number of benzene rings is 1. The zero-order valence-electron chi connectivity index (χ0n) is 10.2. The molecule has 0 unspecified atom stereocenters. The summed E-state index contributed by atoms with van der Waals surface area (Å²) >= 11 is 0. The smallest absolute Gasteiger partial charge is 0.274 e. The molecule has 16 heavy (non-hydrogen) atoms. The van der Waals surface area contributed by atoms with Gasteiger partial charge in [0.2, 0.25) is 0 Å². The molecule has 1 aliphatic carbocycles.